The second kappa shape index (κ2) is 5.42. The summed E-state index contributed by atoms with van der Waals surface area (Å²) in [6.45, 7) is 4.24. The molecule has 0 amide bonds. The Morgan fingerprint density at radius 2 is 2.18 bits per heavy atom. The lowest BCUT2D eigenvalue weighted by molar-refractivity contribution is 0.425. The molecule has 3 rings (SSSR count). The fourth-order valence-corrected chi connectivity index (χ4v) is 4.34. The average Bonchev–Trinajstić information content (AvgIpc) is 3.07. The zero-order valence-corrected chi connectivity index (χ0v) is 13.9. The van der Waals surface area contributed by atoms with Crippen molar-refractivity contribution in [3.8, 4) is 0 Å². The van der Waals surface area contributed by atoms with Crippen LogP contribution in [0.15, 0.2) is 23.6 Å². The molecule has 0 aliphatic carbocycles. The van der Waals surface area contributed by atoms with Crippen molar-refractivity contribution in [2.45, 2.75) is 44.2 Å². The van der Waals surface area contributed by atoms with E-state index in [1.165, 1.54) is 4.31 Å². The van der Waals surface area contributed by atoms with E-state index in [2.05, 4.69) is 17.0 Å². The zero-order chi connectivity index (χ0) is 15.9. The third-order valence-corrected chi connectivity index (χ3v) is 5.88. The maximum atomic E-state index is 12.9. The van der Waals surface area contributed by atoms with Crippen molar-refractivity contribution in [1.82, 2.24) is 19.3 Å². The number of rotatable bonds is 4. The van der Waals surface area contributed by atoms with Gasteiger partial charge in [-0.1, -0.05) is 0 Å². The summed E-state index contributed by atoms with van der Waals surface area (Å²) in [6.07, 6.45) is 7.87. The molecule has 3 heterocycles. The Morgan fingerprint density at radius 1 is 1.41 bits per heavy atom. The lowest BCUT2D eigenvalue weighted by Gasteiger charge is -2.20. The normalized spacial score (nSPS) is 18.2. The average molecular weight is 323 g/mol. The Labute approximate surface area is 130 Å². The molecule has 0 spiro atoms. The fraction of sp³-hybridized carbons (Fsp3) is 0.571. The first kappa shape index (κ1) is 15.1. The Kier molecular flexibility index (Phi) is 3.72. The molecule has 120 valence electrons. The molecule has 1 aliphatic heterocycles. The summed E-state index contributed by atoms with van der Waals surface area (Å²) in [7, 11) is -1.90. The molecule has 0 saturated heterocycles. The highest BCUT2D eigenvalue weighted by atomic mass is 32.2. The molecule has 0 saturated carbocycles. The van der Waals surface area contributed by atoms with E-state index in [0.717, 1.165) is 25.1 Å². The molecular formula is C14H21N5O2S. The van der Waals surface area contributed by atoms with Crippen LogP contribution in [0, 0.1) is 0 Å². The van der Waals surface area contributed by atoms with Crippen LogP contribution >= 0.6 is 0 Å². The molecule has 22 heavy (non-hydrogen) atoms. The predicted octanol–water partition coefficient (Wildman–Crippen LogP) is 1.73. The summed E-state index contributed by atoms with van der Waals surface area (Å²) in [5.74, 6) is 0.861. The van der Waals surface area contributed by atoms with Crippen molar-refractivity contribution < 1.29 is 8.42 Å². The van der Waals surface area contributed by atoms with Crippen molar-refractivity contribution in [3.63, 3.8) is 0 Å². The van der Waals surface area contributed by atoms with E-state index < -0.39 is 10.0 Å². The van der Waals surface area contributed by atoms with E-state index in [4.69, 9.17) is 0 Å². The van der Waals surface area contributed by atoms with Crippen LogP contribution in [0.2, 0.25) is 0 Å². The third-order valence-electron chi connectivity index (χ3n) is 4.10. The van der Waals surface area contributed by atoms with Gasteiger partial charge in [-0.05, 0) is 26.7 Å². The van der Waals surface area contributed by atoms with Crippen molar-refractivity contribution >= 4 is 15.7 Å². The second-order valence-electron chi connectivity index (χ2n) is 5.69. The minimum absolute atomic E-state index is 0.127. The van der Waals surface area contributed by atoms with Gasteiger partial charge in [-0.15, -0.1) is 0 Å². The molecule has 8 heteroatoms. The first-order valence-electron chi connectivity index (χ1n) is 7.52. The van der Waals surface area contributed by atoms with Crippen LogP contribution in [0.5, 0.6) is 0 Å². The highest BCUT2D eigenvalue weighted by molar-refractivity contribution is 7.92. The van der Waals surface area contributed by atoms with Crippen molar-refractivity contribution in [3.05, 3.63) is 24.4 Å². The van der Waals surface area contributed by atoms with Crippen LogP contribution in [0.4, 0.5) is 5.69 Å². The molecule has 0 N–H and O–H groups in total. The maximum absolute atomic E-state index is 12.9. The van der Waals surface area contributed by atoms with Gasteiger partial charge in [0.2, 0.25) is 0 Å². The van der Waals surface area contributed by atoms with E-state index in [1.807, 2.05) is 11.5 Å². The molecule has 1 aliphatic rings. The maximum Gasteiger partial charge on any atom is 0.283 e. The monoisotopic (exact) mass is 323 g/mol. The summed E-state index contributed by atoms with van der Waals surface area (Å²) < 4.78 is 30.8. The highest BCUT2D eigenvalue weighted by Gasteiger charge is 2.30. The number of fused-ring (bicyclic) bond motifs is 1. The lowest BCUT2D eigenvalue weighted by Crippen LogP contribution is -2.30. The Hall–Kier alpha value is -1.83. The molecule has 1 unspecified atom stereocenters. The first-order valence-corrected chi connectivity index (χ1v) is 8.96. The van der Waals surface area contributed by atoms with Gasteiger partial charge in [0.1, 0.15) is 5.82 Å². The van der Waals surface area contributed by atoms with Crippen molar-refractivity contribution in [1.29, 1.82) is 0 Å². The number of imidazole rings is 1. The molecule has 2 aromatic rings. The SMILES string of the molecule is CCN(c1cnn(C)c1)S(=O)(=O)c1cn2c(n1)CCCC2C. The lowest BCUT2D eigenvalue weighted by atomic mass is 10.1. The number of nitrogens with zero attached hydrogens (tertiary/aromatic N) is 5. The van der Waals surface area contributed by atoms with Crippen molar-refractivity contribution in [2.75, 3.05) is 10.8 Å². The van der Waals surface area contributed by atoms with Gasteiger partial charge in [-0.3, -0.25) is 8.99 Å². The van der Waals surface area contributed by atoms with E-state index in [-0.39, 0.29) is 5.03 Å². The van der Waals surface area contributed by atoms with Crippen LogP contribution in [-0.4, -0.2) is 34.3 Å². The summed E-state index contributed by atoms with van der Waals surface area (Å²) in [5, 5.41) is 4.18. The minimum Gasteiger partial charge on any atom is -0.331 e. The Bertz CT molecular complexity index is 777. The van der Waals surface area contributed by atoms with Gasteiger partial charge in [-0.25, -0.2) is 4.98 Å². The molecule has 0 fully saturated rings. The van der Waals surface area contributed by atoms with Gasteiger partial charge in [0.25, 0.3) is 10.0 Å². The van der Waals surface area contributed by atoms with E-state index >= 15 is 0 Å². The largest absolute Gasteiger partial charge is 0.331 e. The van der Waals surface area contributed by atoms with Gasteiger partial charge in [0.05, 0.1) is 11.9 Å². The number of hydrogen-bond acceptors (Lipinski definition) is 4. The predicted molar refractivity (Wildman–Crippen MR) is 83.3 cm³/mol. The highest BCUT2D eigenvalue weighted by Crippen LogP contribution is 2.28. The van der Waals surface area contributed by atoms with Crippen molar-refractivity contribution in [2.24, 2.45) is 7.05 Å². The Morgan fingerprint density at radius 3 is 2.77 bits per heavy atom. The summed E-state index contributed by atoms with van der Waals surface area (Å²) >= 11 is 0. The number of aromatic nitrogens is 4. The molecule has 7 nitrogen and oxygen atoms in total. The topological polar surface area (TPSA) is 73.0 Å². The van der Waals surface area contributed by atoms with E-state index in [1.54, 1.807) is 30.3 Å². The fourth-order valence-electron chi connectivity index (χ4n) is 2.93. The molecular weight excluding hydrogens is 302 g/mol. The smallest absolute Gasteiger partial charge is 0.283 e. The van der Waals surface area contributed by atoms with Crippen LogP contribution in [0.25, 0.3) is 0 Å². The third kappa shape index (κ3) is 2.41. The molecule has 1 atom stereocenters. The van der Waals surface area contributed by atoms with Crippen LogP contribution in [0.3, 0.4) is 0 Å². The van der Waals surface area contributed by atoms with Gasteiger partial charge in [0.15, 0.2) is 5.03 Å². The van der Waals surface area contributed by atoms with Crippen LogP contribution in [0.1, 0.15) is 38.6 Å². The van der Waals surface area contributed by atoms with Gasteiger partial charge in [-0.2, -0.15) is 13.5 Å². The zero-order valence-electron chi connectivity index (χ0n) is 13.1. The van der Waals surface area contributed by atoms with Gasteiger partial charge < -0.3 is 4.57 Å². The number of aryl methyl sites for hydroxylation is 2. The number of sulfonamides is 1. The van der Waals surface area contributed by atoms with E-state index in [0.29, 0.717) is 18.3 Å². The summed E-state index contributed by atoms with van der Waals surface area (Å²) in [6, 6.07) is 0.300. The number of anilines is 1. The van der Waals surface area contributed by atoms with Gasteiger partial charge >= 0.3 is 0 Å². The molecule has 0 radical (unpaired) electrons. The summed E-state index contributed by atoms with van der Waals surface area (Å²) in [4.78, 5) is 4.38. The van der Waals surface area contributed by atoms with Crippen LogP contribution < -0.4 is 4.31 Å². The Balaban J connectivity index is 2.02. The quantitative estimate of drug-likeness (QED) is 0.859. The van der Waals surface area contributed by atoms with Crippen LogP contribution in [-0.2, 0) is 23.5 Å². The first-order chi connectivity index (χ1) is 10.4. The summed E-state index contributed by atoms with van der Waals surface area (Å²) in [5.41, 5.74) is 0.559. The molecule has 0 aromatic carbocycles. The second-order valence-corrected chi connectivity index (χ2v) is 7.50. The molecule has 0 bridgehead atoms. The van der Waals surface area contributed by atoms with E-state index in [9.17, 15) is 8.42 Å². The minimum atomic E-state index is -3.66. The van der Waals surface area contributed by atoms with Gasteiger partial charge in [0, 0.05) is 38.4 Å². The number of hydrogen-bond donors (Lipinski definition) is 0. The molecule has 2 aromatic heterocycles. The standard InChI is InChI=1S/C14H21N5O2S/c1-4-19(12-8-15-17(3)9-12)22(20,21)14-10-18-11(2)6-5-7-13(18)16-14/h8-11H,4-7H2,1-3H3.